The summed E-state index contributed by atoms with van der Waals surface area (Å²) in [7, 11) is 0. The van der Waals surface area contributed by atoms with Gasteiger partial charge in [-0.25, -0.2) is 0 Å². The zero-order valence-electron chi connectivity index (χ0n) is 15.2. The Hall–Kier alpha value is -1.44. The minimum atomic E-state index is -0.525. The van der Waals surface area contributed by atoms with Crippen molar-refractivity contribution in [2.24, 2.45) is 0 Å². The molecule has 2 heterocycles. The van der Waals surface area contributed by atoms with Crippen molar-refractivity contribution >= 4 is 23.2 Å². The van der Waals surface area contributed by atoms with Crippen LogP contribution in [0.3, 0.4) is 0 Å². The first-order valence-electron chi connectivity index (χ1n) is 9.66. The van der Waals surface area contributed by atoms with Gasteiger partial charge in [0.2, 0.25) is 0 Å². The summed E-state index contributed by atoms with van der Waals surface area (Å²) in [6, 6.07) is 2.31. The van der Waals surface area contributed by atoms with Gasteiger partial charge in [0.05, 0.1) is 19.3 Å². The molecule has 26 heavy (non-hydrogen) atoms. The van der Waals surface area contributed by atoms with E-state index in [0.717, 1.165) is 38.8 Å². The van der Waals surface area contributed by atoms with Gasteiger partial charge in [0.15, 0.2) is 0 Å². The lowest BCUT2D eigenvalue weighted by atomic mass is 10.1. The SMILES string of the molecule is O=C(NCC(c1ccsc1)N1CCOCC1)C(=O)NC1CCCCCC1. The number of hydrogen-bond acceptors (Lipinski definition) is 5. The van der Waals surface area contributed by atoms with Gasteiger partial charge in [-0.05, 0) is 35.2 Å². The van der Waals surface area contributed by atoms with Crippen LogP contribution in [-0.4, -0.2) is 55.6 Å². The van der Waals surface area contributed by atoms with Crippen molar-refractivity contribution in [2.45, 2.75) is 50.6 Å². The van der Waals surface area contributed by atoms with E-state index in [1.807, 2.05) is 5.38 Å². The van der Waals surface area contributed by atoms with E-state index in [0.29, 0.717) is 19.8 Å². The van der Waals surface area contributed by atoms with Crippen molar-refractivity contribution in [1.29, 1.82) is 0 Å². The number of rotatable bonds is 5. The summed E-state index contributed by atoms with van der Waals surface area (Å²) in [5, 5.41) is 9.91. The molecule has 0 spiro atoms. The second-order valence-electron chi connectivity index (χ2n) is 7.09. The zero-order valence-corrected chi connectivity index (χ0v) is 16.1. The van der Waals surface area contributed by atoms with Crippen LogP contribution in [0.25, 0.3) is 0 Å². The number of carbonyl (C=O) groups is 2. The van der Waals surface area contributed by atoms with Crippen LogP contribution in [0.15, 0.2) is 16.8 Å². The Bertz CT molecular complexity index is 565. The smallest absolute Gasteiger partial charge is 0.309 e. The summed E-state index contributed by atoms with van der Waals surface area (Å²) in [6.45, 7) is 3.52. The Kier molecular flexibility index (Phi) is 7.46. The molecule has 144 valence electrons. The third kappa shape index (κ3) is 5.53. The van der Waals surface area contributed by atoms with Crippen LogP contribution in [-0.2, 0) is 14.3 Å². The topological polar surface area (TPSA) is 70.7 Å². The molecule has 1 aromatic rings. The molecule has 7 heteroatoms. The predicted molar refractivity (Wildman–Crippen MR) is 102 cm³/mol. The zero-order chi connectivity index (χ0) is 18.2. The second kappa shape index (κ2) is 10.0. The molecule has 2 aliphatic rings. The normalized spacial score (nSPS) is 20.9. The molecule has 2 N–H and O–H groups in total. The molecule has 2 amide bonds. The van der Waals surface area contributed by atoms with Crippen molar-refractivity contribution in [3.05, 3.63) is 22.4 Å². The standard InChI is InChI=1S/C19H29N3O3S/c23-18(19(24)21-16-5-3-1-2-4-6-16)20-13-17(15-7-12-26-14-15)22-8-10-25-11-9-22/h7,12,14,16-17H,1-6,8-11,13H2,(H,20,23)(H,21,24). The van der Waals surface area contributed by atoms with Gasteiger partial charge >= 0.3 is 11.8 Å². The first kappa shape index (κ1) is 19.3. The highest BCUT2D eigenvalue weighted by molar-refractivity contribution is 7.07. The van der Waals surface area contributed by atoms with Gasteiger partial charge in [-0.2, -0.15) is 11.3 Å². The minimum Gasteiger partial charge on any atom is -0.379 e. The van der Waals surface area contributed by atoms with Crippen LogP contribution in [0.2, 0.25) is 0 Å². The van der Waals surface area contributed by atoms with Gasteiger partial charge in [-0.15, -0.1) is 0 Å². The van der Waals surface area contributed by atoms with E-state index < -0.39 is 11.8 Å². The van der Waals surface area contributed by atoms with Crippen molar-refractivity contribution in [3.8, 4) is 0 Å². The van der Waals surface area contributed by atoms with Crippen molar-refractivity contribution in [2.75, 3.05) is 32.8 Å². The van der Waals surface area contributed by atoms with Crippen LogP contribution in [0.5, 0.6) is 0 Å². The summed E-state index contributed by atoms with van der Waals surface area (Å²) in [6.07, 6.45) is 6.66. The lowest BCUT2D eigenvalue weighted by Crippen LogP contribution is -2.48. The molecule has 0 radical (unpaired) electrons. The molecule has 1 aliphatic carbocycles. The Labute approximate surface area is 159 Å². The highest BCUT2D eigenvalue weighted by Gasteiger charge is 2.25. The molecule has 1 unspecified atom stereocenters. The van der Waals surface area contributed by atoms with Gasteiger partial charge in [0, 0.05) is 25.7 Å². The van der Waals surface area contributed by atoms with E-state index >= 15 is 0 Å². The molecule has 1 aliphatic heterocycles. The van der Waals surface area contributed by atoms with Crippen LogP contribution < -0.4 is 10.6 Å². The van der Waals surface area contributed by atoms with Crippen LogP contribution in [0.4, 0.5) is 0 Å². The molecule has 1 atom stereocenters. The molecule has 1 saturated heterocycles. The maximum absolute atomic E-state index is 12.3. The first-order chi connectivity index (χ1) is 12.7. The van der Waals surface area contributed by atoms with Crippen LogP contribution in [0.1, 0.15) is 50.1 Å². The van der Waals surface area contributed by atoms with Gasteiger partial charge < -0.3 is 15.4 Å². The fourth-order valence-electron chi connectivity index (χ4n) is 3.76. The largest absolute Gasteiger partial charge is 0.379 e. The quantitative estimate of drug-likeness (QED) is 0.607. The number of morpholine rings is 1. The highest BCUT2D eigenvalue weighted by atomic mass is 32.1. The summed E-state index contributed by atoms with van der Waals surface area (Å²) in [5.74, 6) is -1.02. The number of thiophene rings is 1. The summed E-state index contributed by atoms with van der Waals surface area (Å²) in [5.41, 5.74) is 1.18. The number of ether oxygens (including phenoxy) is 1. The van der Waals surface area contributed by atoms with Gasteiger partial charge in [0.1, 0.15) is 0 Å². The Morgan fingerprint density at radius 2 is 1.88 bits per heavy atom. The lowest BCUT2D eigenvalue weighted by Gasteiger charge is -2.34. The monoisotopic (exact) mass is 379 g/mol. The predicted octanol–water partition coefficient (Wildman–Crippen LogP) is 2.08. The van der Waals surface area contributed by atoms with E-state index in [-0.39, 0.29) is 12.1 Å². The molecule has 0 aromatic carbocycles. The van der Waals surface area contributed by atoms with E-state index in [1.54, 1.807) is 11.3 Å². The number of amides is 2. The average molecular weight is 380 g/mol. The molecule has 1 saturated carbocycles. The molecule has 6 nitrogen and oxygen atoms in total. The Balaban J connectivity index is 1.52. The second-order valence-corrected chi connectivity index (χ2v) is 7.87. The molecule has 2 fully saturated rings. The van der Waals surface area contributed by atoms with E-state index in [2.05, 4.69) is 27.0 Å². The van der Waals surface area contributed by atoms with Crippen molar-refractivity contribution in [1.82, 2.24) is 15.5 Å². The summed E-state index contributed by atoms with van der Waals surface area (Å²) >= 11 is 1.65. The molecule has 0 bridgehead atoms. The average Bonchev–Trinajstić information content (AvgIpc) is 3.07. The van der Waals surface area contributed by atoms with E-state index in [9.17, 15) is 9.59 Å². The summed E-state index contributed by atoms with van der Waals surface area (Å²) < 4.78 is 5.44. The third-order valence-corrected chi connectivity index (χ3v) is 5.97. The maximum atomic E-state index is 12.3. The Morgan fingerprint density at radius 1 is 1.15 bits per heavy atom. The fraction of sp³-hybridized carbons (Fsp3) is 0.684. The molecule has 1 aromatic heterocycles. The summed E-state index contributed by atoms with van der Waals surface area (Å²) in [4.78, 5) is 26.9. The van der Waals surface area contributed by atoms with Crippen LogP contribution in [0, 0.1) is 0 Å². The number of nitrogens with zero attached hydrogens (tertiary/aromatic N) is 1. The van der Waals surface area contributed by atoms with E-state index in [4.69, 9.17) is 4.74 Å². The fourth-order valence-corrected chi connectivity index (χ4v) is 4.46. The van der Waals surface area contributed by atoms with Gasteiger partial charge in [-0.3, -0.25) is 14.5 Å². The lowest BCUT2D eigenvalue weighted by molar-refractivity contribution is -0.139. The molecular formula is C19H29N3O3S. The van der Waals surface area contributed by atoms with Crippen molar-refractivity contribution < 1.29 is 14.3 Å². The molecular weight excluding hydrogens is 350 g/mol. The van der Waals surface area contributed by atoms with Crippen molar-refractivity contribution in [3.63, 3.8) is 0 Å². The van der Waals surface area contributed by atoms with E-state index in [1.165, 1.54) is 18.4 Å². The number of nitrogens with one attached hydrogen (secondary N) is 2. The third-order valence-electron chi connectivity index (χ3n) is 5.27. The number of carbonyl (C=O) groups excluding carboxylic acids is 2. The minimum absolute atomic E-state index is 0.0831. The number of hydrogen-bond donors (Lipinski definition) is 2. The maximum Gasteiger partial charge on any atom is 0.309 e. The van der Waals surface area contributed by atoms with Gasteiger partial charge in [-0.1, -0.05) is 25.7 Å². The van der Waals surface area contributed by atoms with Crippen LogP contribution >= 0.6 is 11.3 Å². The Morgan fingerprint density at radius 3 is 2.54 bits per heavy atom. The molecule has 3 rings (SSSR count). The highest BCUT2D eigenvalue weighted by Crippen LogP contribution is 2.23. The first-order valence-corrected chi connectivity index (χ1v) is 10.6. The van der Waals surface area contributed by atoms with Gasteiger partial charge in [0.25, 0.3) is 0 Å².